The number of rotatable bonds is 6. The van der Waals surface area contributed by atoms with Gasteiger partial charge in [0.05, 0.1) is 12.3 Å². The SMILES string of the molecule is CCOc1ccc(N2CCN(CC(=O)Nc3nc(C)cs3)C2=O)cc1. The maximum atomic E-state index is 12.5. The van der Waals surface area contributed by atoms with Gasteiger partial charge in [0.15, 0.2) is 5.13 Å². The van der Waals surface area contributed by atoms with Crippen molar-refractivity contribution < 1.29 is 14.3 Å². The van der Waals surface area contributed by atoms with Gasteiger partial charge in [-0.05, 0) is 38.1 Å². The number of aryl methyl sites for hydroxylation is 1. The van der Waals surface area contributed by atoms with Crippen LogP contribution in [0.25, 0.3) is 0 Å². The van der Waals surface area contributed by atoms with Crippen LogP contribution in [-0.4, -0.2) is 48.1 Å². The third-order valence-electron chi connectivity index (χ3n) is 3.75. The Morgan fingerprint density at radius 3 is 2.72 bits per heavy atom. The van der Waals surface area contributed by atoms with E-state index in [0.717, 1.165) is 17.1 Å². The van der Waals surface area contributed by atoms with Gasteiger partial charge in [0, 0.05) is 24.2 Å². The molecule has 0 spiro atoms. The van der Waals surface area contributed by atoms with Crippen LogP contribution in [0.3, 0.4) is 0 Å². The van der Waals surface area contributed by atoms with Crippen LogP contribution < -0.4 is 15.0 Å². The Bertz CT molecular complexity index is 760. The minimum Gasteiger partial charge on any atom is -0.494 e. The molecule has 1 fully saturated rings. The summed E-state index contributed by atoms with van der Waals surface area (Å²) < 4.78 is 5.41. The van der Waals surface area contributed by atoms with Crippen LogP contribution in [0.4, 0.5) is 15.6 Å². The molecule has 1 saturated heterocycles. The number of nitrogens with one attached hydrogen (secondary N) is 1. The highest BCUT2D eigenvalue weighted by Crippen LogP contribution is 2.23. The molecular formula is C17H20N4O3S. The number of carbonyl (C=O) groups is 2. The Kier molecular flexibility index (Phi) is 5.18. The molecule has 1 aliphatic rings. The summed E-state index contributed by atoms with van der Waals surface area (Å²) in [5, 5.41) is 5.14. The van der Waals surface area contributed by atoms with E-state index in [2.05, 4.69) is 10.3 Å². The number of hydrogen-bond donors (Lipinski definition) is 1. The largest absolute Gasteiger partial charge is 0.494 e. The molecule has 0 aliphatic carbocycles. The number of ether oxygens (including phenoxy) is 1. The lowest BCUT2D eigenvalue weighted by atomic mass is 10.3. The topological polar surface area (TPSA) is 74.8 Å². The number of urea groups is 1. The Balaban J connectivity index is 1.58. The van der Waals surface area contributed by atoms with E-state index in [4.69, 9.17) is 4.74 Å². The summed E-state index contributed by atoms with van der Waals surface area (Å²) in [6.07, 6.45) is 0. The highest BCUT2D eigenvalue weighted by Gasteiger charge is 2.30. The number of anilines is 2. The number of benzene rings is 1. The fourth-order valence-electron chi connectivity index (χ4n) is 2.60. The molecule has 3 amide bonds. The number of amides is 3. The third-order valence-corrected chi connectivity index (χ3v) is 4.63. The number of aromatic nitrogens is 1. The summed E-state index contributed by atoms with van der Waals surface area (Å²) in [6.45, 7) is 5.47. The second kappa shape index (κ2) is 7.52. The summed E-state index contributed by atoms with van der Waals surface area (Å²) in [5.74, 6) is 0.532. The quantitative estimate of drug-likeness (QED) is 0.859. The van der Waals surface area contributed by atoms with Gasteiger partial charge in [0.25, 0.3) is 0 Å². The number of hydrogen-bond acceptors (Lipinski definition) is 5. The molecule has 132 valence electrons. The van der Waals surface area contributed by atoms with Crippen molar-refractivity contribution in [1.82, 2.24) is 9.88 Å². The van der Waals surface area contributed by atoms with E-state index < -0.39 is 0 Å². The number of carbonyl (C=O) groups excluding carboxylic acids is 2. The van der Waals surface area contributed by atoms with Gasteiger partial charge in [0.1, 0.15) is 12.3 Å². The molecule has 0 unspecified atom stereocenters. The van der Waals surface area contributed by atoms with E-state index in [1.54, 1.807) is 4.90 Å². The fourth-order valence-corrected chi connectivity index (χ4v) is 3.31. The van der Waals surface area contributed by atoms with Gasteiger partial charge in [-0.25, -0.2) is 9.78 Å². The van der Waals surface area contributed by atoms with Crippen LogP contribution in [0.5, 0.6) is 5.75 Å². The summed E-state index contributed by atoms with van der Waals surface area (Å²) in [7, 11) is 0. The number of nitrogens with zero attached hydrogens (tertiary/aromatic N) is 3. The molecule has 2 aromatic rings. The van der Waals surface area contributed by atoms with Gasteiger partial charge >= 0.3 is 6.03 Å². The van der Waals surface area contributed by atoms with E-state index in [9.17, 15) is 9.59 Å². The molecule has 0 bridgehead atoms. The molecule has 0 atom stereocenters. The van der Waals surface area contributed by atoms with E-state index in [-0.39, 0.29) is 18.5 Å². The first-order valence-electron chi connectivity index (χ1n) is 8.08. The maximum Gasteiger partial charge on any atom is 0.325 e. The molecule has 1 aliphatic heterocycles. The first kappa shape index (κ1) is 17.2. The van der Waals surface area contributed by atoms with Crippen molar-refractivity contribution in [3.8, 4) is 5.75 Å². The summed E-state index contributed by atoms with van der Waals surface area (Å²) in [4.78, 5) is 32.0. The van der Waals surface area contributed by atoms with Gasteiger partial charge < -0.3 is 15.0 Å². The smallest absolute Gasteiger partial charge is 0.325 e. The van der Waals surface area contributed by atoms with E-state index in [0.29, 0.717) is 24.8 Å². The first-order chi connectivity index (χ1) is 12.1. The Morgan fingerprint density at radius 2 is 2.08 bits per heavy atom. The maximum absolute atomic E-state index is 12.5. The molecule has 3 rings (SSSR count). The standard InChI is InChI=1S/C17H20N4O3S/c1-3-24-14-6-4-13(5-7-14)21-9-8-20(17(21)23)10-15(22)19-16-18-12(2)11-25-16/h4-7,11H,3,8-10H2,1-2H3,(H,18,19,22). The zero-order valence-corrected chi connectivity index (χ0v) is 15.0. The molecule has 1 aromatic carbocycles. The summed E-state index contributed by atoms with van der Waals surface area (Å²) in [6, 6.07) is 7.21. The molecule has 8 heteroatoms. The van der Waals surface area contributed by atoms with Crippen molar-refractivity contribution >= 4 is 34.1 Å². The van der Waals surface area contributed by atoms with Gasteiger partial charge in [-0.15, -0.1) is 11.3 Å². The van der Waals surface area contributed by atoms with Crippen molar-refractivity contribution in [2.24, 2.45) is 0 Å². The van der Waals surface area contributed by atoms with Crippen LogP contribution in [0, 0.1) is 6.92 Å². The summed E-state index contributed by atoms with van der Waals surface area (Å²) >= 11 is 1.37. The minimum absolute atomic E-state index is 0.0188. The van der Waals surface area contributed by atoms with Crippen molar-refractivity contribution in [3.05, 3.63) is 35.3 Å². The molecule has 0 saturated carbocycles. The minimum atomic E-state index is -0.240. The monoisotopic (exact) mass is 360 g/mol. The lowest BCUT2D eigenvalue weighted by Crippen LogP contribution is -2.37. The van der Waals surface area contributed by atoms with Gasteiger partial charge in [-0.3, -0.25) is 9.69 Å². The van der Waals surface area contributed by atoms with Crippen LogP contribution >= 0.6 is 11.3 Å². The predicted octanol–water partition coefficient (Wildman–Crippen LogP) is 2.73. The van der Waals surface area contributed by atoms with Crippen molar-refractivity contribution in [2.45, 2.75) is 13.8 Å². The molecule has 2 heterocycles. The second-order valence-electron chi connectivity index (χ2n) is 5.62. The Morgan fingerprint density at radius 1 is 1.32 bits per heavy atom. The normalized spacial score (nSPS) is 14.1. The molecule has 0 radical (unpaired) electrons. The lowest BCUT2D eigenvalue weighted by molar-refractivity contribution is -0.116. The molecule has 7 nitrogen and oxygen atoms in total. The molecule has 25 heavy (non-hydrogen) atoms. The molecular weight excluding hydrogens is 340 g/mol. The van der Waals surface area contributed by atoms with Crippen LogP contribution in [-0.2, 0) is 4.79 Å². The molecule has 1 N–H and O–H groups in total. The van der Waals surface area contributed by atoms with Gasteiger partial charge in [-0.2, -0.15) is 0 Å². The molecule has 1 aromatic heterocycles. The zero-order chi connectivity index (χ0) is 17.8. The van der Waals surface area contributed by atoms with E-state index in [1.165, 1.54) is 16.2 Å². The van der Waals surface area contributed by atoms with E-state index in [1.807, 2.05) is 43.5 Å². The second-order valence-corrected chi connectivity index (χ2v) is 6.48. The van der Waals surface area contributed by atoms with Crippen LogP contribution in [0.2, 0.25) is 0 Å². The summed E-state index contributed by atoms with van der Waals surface area (Å²) in [5.41, 5.74) is 1.66. The average Bonchev–Trinajstić information content (AvgIpc) is 3.15. The van der Waals surface area contributed by atoms with Crippen molar-refractivity contribution in [1.29, 1.82) is 0 Å². The van der Waals surface area contributed by atoms with Crippen LogP contribution in [0.1, 0.15) is 12.6 Å². The highest BCUT2D eigenvalue weighted by molar-refractivity contribution is 7.13. The fraction of sp³-hybridized carbons (Fsp3) is 0.353. The van der Waals surface area contributed by atoms with Crippen molar-refractivity contribution in [2.75, 3.05) is 36.5 Å². The first-order valence-corrected chi connectivity index (χ1v) is 8.96. The Hall–Kier alpha value is -2.61. The van der Waals surface area contributed by atoms with E-state index >= 15 is 0 Å². The predicted molar refractivity (Wildman–Crippen MR) is 97.4 cm³/mol. The van der Waals surface area contributed by atoms with Gasteiger partial charge in [-0.1, -0.05) is 0 Å². The third kappa shape index (κ3) is 4.08. The zero-order valence-electron chi connectivity index (χ0n) is 14.2. The van der Waals surface area contributed by atoms with Crippen molar-refractivity contribution in [3.63, 3.8) is 0 Å². The van der Waals surface area contributed by atoms with Crippen LogP contribution in [0.15, 0.2) is 29.6 Å². The van der Waals surface area contributed by atoms with Gasteiger partial charge in [0.2, 0.25) is 5.91 Å². The lowest BCUT2D eigenvalue weighted by Gasteiger charge is -2.18. The Labute approximate surface area is 150 Å². The highest BCUT2D eigenvalue weighted by atomic mass is 32.1. The number of thiazole rings is 1. The average molecular weight is 360 g/mol.